The van der Waals surface area contributed by atoms with Crippen LogP contribution < -0.4 is 0 Å². The topological polar surface area (TPSA) is 9.23 Å². The van der Waals surface area contributed by atoms with Crippen molar-refractivity contribution >= 4 is 0 Å². The van der Waals surface area contributed by atoms with Crippen LogP contribution in [0.25, 0.3) is 0 Å². The van der Waals surface area contributed by atoms with Gasteiger partial charge in [0.2, 0.25) is 0 Å². The van der Waals surface area contributed by atoms with Crippen LogP contribution in [0, 0.1) is 17.8 Å². The van der Waals surface area contributed by atoms with Crippen molar-refractivity contribution in [3.05, 3.63) is 0 Å². The average molecular weight is 337 g/mol. The number of unbranched alkanes of at least 4 members (excludes halogenated alkanes) is 5. The first-order valence-corrected chi connectivity index (χ1v) is 11.4. The average Bonchev–Trinajstić information content (AvgIpc) is 2.63. The van der Waals surface area contributed by atoms with Crippen molar-refractivity contribution in [2.75, 3.05) is 6.61 Å². The van der Waals surface area contributed by atoms with Gasteiger partial charge in [0, 0.05) is 6.61 Å². The van der Waals surface area contributed by atoms with E-state index in [4.69, 9.17) is 4.74 Å². The van der Waals surface area contributed by atoms with E-state index in [0.29, 0.717) is 6.10 Å². The van der Waals surface area contributed by atoms with Gasteiger partial charge in [0.15, 0.2) is 0 Å². The Morgan fingerprint density at radius 1 is 0.625 bits per heavy atom. The largest absolute Gasteiger partial charge is 0.378 e. The monoisotopic (exact) mass is 336 g/mol. The first-order chi connectivity index (χ1) is 11.8. The number of ether oxygens (including phenoxy) is 1. The van der Waals surface area contributed by atoms with Crippen molar-refractivity contribution in [1.82, 2.24) is 0 Å². The molecule has 2 fully saturated rings. The lowest BCUT2D eigenvalue weighted by molar-refractivity contribution is 0.00529. The van der Waals surface area contributed by atoms with Gasteiger partial charge >= 0.3 is 0 Å². The van der Waals surface area contributed by atoms with Gasteiger partial charge in [0.25, 0.3) is 0 Å². The van der Waals surface area contributed by atoms with Crippen LogP contribution in [0.5, 0.6) is 0 Å². The summed E-state index contributed by atoms with van der Waals surface area (Å²) in [6.45, 7) is 5.61. The second-order valence-corrected chi connectivity index (χ2v) is 8.74. The normalized spacial score (nSPS) is 31.2. The SMILES string of the molecule is CCCCCCOC1CCC(C2CCC(CCCCC)CC2)CC1. The Kier molecular flexibility index (Phi) is 10.4. The molecule has 0 aromatic rings. The minimum absolute atomic E-state index is 0.591. The molecule has 2 rings (SSSR count). The Bertz CT molecular complexity index is 284. The molecule has 142 valence electrons. The van der Waals surface area contributed by atoms with Crippen LogP contribution in [-0.4, -0.2) is 12.7 Å². The van der Waals surface area contributed by atoms with E-state index in [1.807, 2.05) is 0 Å². The maximum Gasteiger partial charge on any atom is 0.0575 e. The van der Waals surface area contributed by atoms with Gasteiger partial charge in [0.1, 0.15) is 0 Å². The lowest BCUT2D eigenvalue weighted by Gasteiger charge is -2.38. The summed E-state index contributed by atoms with van der Waals surface area (Å²) in [6, 6.07) is 0. The van der Waals surface area contributed by atoms with Crippen molar-refractivity contribution < 1.29 is 4.74 Å². The molecule has 0 unspecified atom stereocenters. The minimum atomic E-state index is 0.591. The van der Waals surface area contributed by atoms with Crippen LogP contribution in [0.1, 0.15) is 117 Å². The molecule has 2 aliphatic carbocycles. The minimum Gasteiger partial charge on any atom is -0.378 e. The van der Waals surface area contributed by atoms with Gasteiger partial charge in [-0.15, -0.1) is 0 Å². The molecule has 0 aromatic carbocycles. The summed E-state index contributed by atoms with van der Waals surface area (Å²) in [6.07, 6.45) is 23.4. The van der Waals surface area contributed by atoms with Crippen molar-refractivity contribution in [2.24, 2.45) is 17.8 Å². The first kappa shape index (κ1) is 20.3. The molecule has 1 nitrogen and oxygen atoms in total. The third kappa shape index (κ3) is 7.46. The molecule has 0 atom stereocenters. The van der Waals surface area contributed by atoms with Gasteiger partial charge in [-0.2, -0.15) is 0 Å². The molecule has 0 aromatic heterocycles. The fourth-order valence-electron chi connectivity index (χ4n) is 5.14. The first-order valence-electron chi connectivity index (χ1n) is 11.4. The van der Waals surface area contributed by atoms with Gasteiger partial charge < -0.3 is 4.74 Å². The Labute approximate surface area is 152 Å². The van der Waals surface area contributed by atoms with Crippen molar-refractivity contribution in [3.63, 3.8) is 0 Å². The van der Waals surface area contributed by atoms with Crippen molar-refractivity contribution in [1.29, 1.82) is 0 Å². The van der Waals surface area contributed by atoms with Crippen LogP contribution in [0.3, 0.4) is 0 Å². The molecule has 0 N–H and O–H groups in total. The molecule has 2 aliphatic rings. The summed E-state index contributed by atoms with van der Waals surface area (Å²) in [4.78, 5) is 0. The standard InChI is InChI=1S/C23H44O/c1-3-5-7-9-19-24-23-17-15-22(16-18-23)21-13-11-20(12-14-21)10-8-6-4-2/h20-23H,3-19H2,1-2H3. The number of rotatable bonds is 11. The molecular formula is C23H44O. The lowest BCUT2D eigenvalue weighted by Crippen LogP contribution is -2.28. The summed E-state index contributed by atoms with van der Waals surface area (Å²) in [5, 5.41) is 0. The summed E-state index contributed by atoms with van der Waals surface area (Å²) < 4.78 is 6.14. The third-order valence-electron chi connectivity index (χ3n) is 6.84. The maximum atomic E-state index is 6.14. The van der Waals surface area contributed by atoms with Crippen LogP contribution >= 0.6 is 0 Å². The van der Waals surface area contributed by atoms with E-state index in [-0.39, 0.29) is 0 Å². The summed E-state index contributed by atoms with van der Waals surface area (Å²) >= 11 is 0. The highest BCUT2D eigenvalue weighted by Gasteiger charge is 2.30. The second kappa shape index (κ2) is 12.3. The molecule has 2 saturated carbocycles. The van der Waals surface area contributed by atoms with Crippen LogP contribution in [0.4, 0.5) is 0 Å². The van der Waals surface area contributed by atoms with Gasteiger partial charge in [-0.1, -0.05) is 71.6 Å². The Hall–Kier alpha value is -0.0400. The summed E-state index contributed by atoms with van der Waals surface area (Å²) in [5.41, 5.74) is 0. The number of hydrogen-bond donors (Lipinski definition) is 0. The summed E-state index contributed by atoms with van der Waals surface area (Å²) in [5.74, 6) is 3.15. The Morgan fingerprint density at radius 2 is 1.21 bits per heavy atom. The summed E-state index contributed by atoms with van der Waals surface area (Å²) in [7, 11) is 0. The molecule has 0 saturated heterocycles. The number of hydrogen-bond acceptors (Lipinski definition) is 1. The van der Waals surface area contributed by atoms with Gasteiger partial charge in [-0.05, 0) is 62.7 Å². The predicted molar refractivity (Wildman–Crippen MR) is 105 cm³/mol. The zero-order valence-electron chi connectivity index (χ0n) is 16.7. The van der Waals surface area contributed by atoms with Crippen LogP contribution in [0.2, 0.25) is 0 Å². The Morgan fingerprint density at radius 3 is 1.83 bits per heavy atom. The molecule has 0 radical (unpaired) electrons. The molecule has 0 aliphatic heterocycles. The zero-order chi connectivity index (χ0) is 17.0. The van der Waals surface area contributed by atoms with Gasteiger partial charge in [-0.3, -0.25) is 0 Å². The maximum absolute atomic E-state index is 6.14. The van der Waals surface area contributed by atoms with Crippen LogP contribution in [0.15, 0.2) is 0 Å². The van der Waals surface area contributed by atoms with E-state index >= 15 is 0 Å². The third-order valence-corrected chi connectivity index (χ3v) is 6.84. The van der Waals surface area contributed by atoms with E-state index in [9.17, 15) is 0 Å². The fraction of sp³-hybridized carbons (Fsp3) is 1.00. The molecule has 0 bridgehead atoms. The molecule has 24 heavy (non-hydrogen) atoms. The van der Waals surface area contributed by atoms with E-state index in [2.05, 4.69) is 13.8 Å². The molecule has 1 heteroatoms. The molecule has 0 amide bonds. The van der Waals surface area contributed by atoms with E-state index in [0.717, 1.165) is 24.4 Å². The van der Waals surface area contributed by atoms with E-state index < -0.39 is 0 Å². The fourth-order valence-corrected chi connectivity index (χ4v) is 5.14. The highest BCUT2D eigenvalue weighted by molar-refractivity contribution is 4.82. The molecular weight excluding hydrogens is 292 g/mol. The predicted octanol–water partition coefficient (Wildman–Crippen LogP) is 7.53. The highest BCUT2D eigenvalue weighted by Crippen LogP contribution is 2.41. The van der Waals surface area contributed by atoms with Crippen molar-refractivity contribution in [2.45, 2.75) is 123 Å². The Balaban J connectivity index is 1.53. The van der Waals surface area contributed by atoms with E-state index in [1.54, 1.807) is 0 Å². The smallest absolute Gasteiger partial charge is 0.0575 e. The van der Waals surface area contributed by atoms with E-state index in [1.165, 1.54) is 103 Å². The molecule has 0 spiro atoms. The quantitative estimate of drug-likeness (QED) is 0.354. The zero-order valence-corrected chi connectivity index (χ0v) is 16.7. The van der Waals surface area contributed by atoms with Gasteiger partial charge in [0.05, 0.1) is 6.10 Å². The second-order valence-electron chi connectivity index (χ2n) is 8.74. The van der Waals surface area contributed by atoms with Gasteiger partial charge in [-0.25, -0.2) is 0 Å². The lowest BCUT2D eigenvalue weighted by atomic mass is 9.70. The van der Waals surface area contributed by atoms with Crippen LogP contribution in [-0.2, 0) is 4.74 Å². The van der Waals surface area contributed by atoms with Crippen molar-refractivity contribution in [3.8, 4) is 0 Å². The molecule has 0 heterocycles. The highest BCUT2D eigenvalue weighted by atomic mass is 16.5.